The molecule has 34 heavy (non-hydrogen) atoms. The number of nitrogens with zero attached hydrogens (tertiary/aromatic N) is 2. The molecular formula is C26H20ClN3O3S. The van der Waals surface area contributed by atoms with Gasteiger partial charge in [-0.1, -0.05) is 65.8 Å². The number of para-hydroxylation sites is 2. The summed E-state index contributed by atoms with van der Waals surface area (Å²) < 4.78 is 5.20. The molecule has 8 heteroatoms. The van der Waals surface area contributed by atoms with Gasteiger partial charge in [0, 0.05) is 5.69 Å². The normalized spacial score (nSPS) is 16.7. The lowest BCUT2D eigenvalue weighted by Crippen LogP contribution is -2.30. The van der Waals surface area contributed by atoms with E-state index >= 15 is 0 Å². The first-order valence-electron chi connectivity index (χ1n) is 10.4. The average Bonchev–Trinajstić information content (AvgIpc) is 3.17. The van der Waals surface area contributed by atoms with Crippen LogP contribution < -0.4 is 15.0 Å². The number of rotatable bonds is 6. The van der Waals surface area contributed by atoms with E-state index in [-0.39, 0.29) is 11.5 Å². The zero-order valence-corrected chi connectivity index (χ0v) is 19.8. The van der Waals surface area contributed by atoms with E-state index in [0.717, 1.165) is 11.3 Å². The van der Waals surface area contributed by atoms with Crippen LogP contribution in [-0.2, 0) is 16.0 Å². The summed E-state index contributed by atoms with van der Waals surface area (Å²) >= 11 is 7.38. The van der Waals surface area contributed by atoms with E-state index < -0.39 is 11.2 Å². The number of carbonyl (C=O) groups is 2. The van der Waals surface area contributed by atoms with Gasteiger partial charge in [0.2, 0.25) is 5.91 Å². The first-order valence-corrected chi connectivity index (χ1v) is 11.7. The van der Waals surface area contributed by atoms with Crippen molar-refractivity contribution in [1.29, 1.82) is 5.26 Å². The SMILES string of the molecule is COc1ccc(C[C@@H]2S/C(=C(/C#N)C(=O)Nc3ccccc3Cl)N(c3ccccc3)C2=O)cc1. The molecule has 3 aromatic rings. The van der Waals surface area contributed by atoms with Crippen molar-refractivity contribution in [1.82, 2.24) is 0 Å². The van der Waals surface area contributed by atoms with Gasteiger partial charge in [0.1, 0.15) is 22.4 Å². The highest BCUT2D eigenvalue weighted by Crippen LogP contribution is 2.42. The van der Waals surface area contributed by atoms with Gasteiger partial charge in [-0.05, 0) is 48.4 Å². The molecular weight excluding hydrogens is 470 g/mol. The van der Waals surface area contributed by atoms with Crippen LogP contribution in [0.5, 0.6) is 5.75 Å². The fraction of sp³-hybridized carbons (Fsp3) is 0.115. The summed E-state index contributed by atoms with van der Waals surface area (Å²) in [6, 6.07) is 25.2. The number of nitriles is 1. The van der Waals surface area contributed by atoms with Crippen molar-refractivity contribution < 1.29 is 14.3 Å². The second-order valence-electron chi connectivity index (χ2n) is 7.39. The highest BCUT2D eigenvalue weighted by atomic mass is 35.5. The highest BCUT2D eigenvalue weighted by Gasteiger charge is 2.40. The number of hydrogen-bond acceptors (Lipinski definition) is 5. The molecule has 3 aromatic carbocycles. The quantitative estimate of drug-likeness (QED) is 0.369. The Morgan fingerprint density at radius 3 is 2.41 bits per heavy atom. The molecule has 170 valence electrons. The molecule has 4 rings (SSSR count). The highest BCUT2D eigenvalue weighted by molar-refractivity contribution is 8.05. The van der Waals surface area contributed by atoms with Crippen molar-refractivity contribution in [3.63, 3.8) is 0 Å². The number of nitrogens with one attached hydrogen (secondary N) is 1. The molecule has 2 amide bonds. The molecule has 1 aliphatic rings. The number of anilines is 2. The lowest BCUT2D eigenvalue weighted by molar-refractivity contribution is -0.117. The second kappa shape index (κ2) is 10.5. The van der Waals surface area contributed by atoms with Crippen molar-refractivity contribution in [2.45, 2.75) is 11.7 Å². The summed E-state index contributed by atoms with van der Waals surface area (Å²) in [6.07, 6.45) is 0.436. The fourth-order valence-corrected chi connectivity index (χ4v) is 5.01. The number of methoxy groups -OCH3 is 1. The number of benzene rings is 3. The monoisotopic (exact) mass is 489 g/mol. The molecule has 0 unspecified atom stereocenters. The van der Waals surface area contributed by atoms with Crippen LogP contribution in [0.3, 0.4) is 0 Å². The van der Waals surface area contributed by atoms with Crippen LogP contribution in [0.15, 0.2) is 89.5 Å². The zero-order chi connectivity index (χ0) is 24.1. The summed E-state index contributed by atoms with van der Waals surface area (Å²) in [5.74, 6) is -0.0964. The molecule has 0 spiro atoms. The largest absolute Gasteiger partial charge is 0.497 e. The van der Waals surface area contributed by atoms with Crippen molar-refractivity contribution >= 4 is 46.6 Å². The maximum atomic E-state index is 13.5. The Morgan fingerprint density at radius 2 is 1.76 bits per heavy atom. The van der Waals surface area contributed by atoms with Crippen LogP contribution in [0.2, 0.25) is 5.02 Å². The van der Waals surface area contributed by atoms with Crippen molar-refractivity contribution in [2.75, 3.05) is 17.3 Å². The van der Waals surface area contributed by atoms with Crippen LogP contribution in [-0.4, -0.2) is 24.2 Å². The van der Waals surface area contributed by atoms with E-state index in [0.29, 0.717) is 27.8 Å². The van der Waals surface area contributed by atoms with E-state index in [9.17, 15) is 14.9 Å². The molecule has 0 saturated carbocycles. The third-order valence-electron chi connectivity index (χ3n) is 5.22. The summed E-state index contributed by atoms with van der Waals surface area (Å²) in [4.78, 5) is 28.0. The Morgan fingerprint density at radius 1 is 1.09 bits per heavy atom. The molecule has 1 atom stereocenters. The molecule has 1 heterocycles. The van der Waals surface area contributed by atoms with Gasteiger partial charge < -0.3 is 10.1 Å². The van der Waals surface area contributed by atoms with Gasteiger partial charge in [-0.15, -0.1) is 0 Å². The number of thioether (sulfide) groups is 1. The Hall–Kier alpha value is -3.73. The minimum absolute atomic E-state index is 0.153. The number of halogens is 1. The van der Waals surface area contributed by atoms with Crippen molar-refractivity contribution in [2.24, 2.45) is 0 Å². The van der Waals surface area contributed by atoms with E-state index in [2.05, 4.69) is 5.32 Å². The van der Waals surface area contributed by atoms with Gasteiger partial charge in [-0.25, -0.2) is 0 Å². The van der Waals surface area contributed by atoms with E-state index in [1.165, 1.54) is 16.7 Å². The predicted octanol–water partition coefficient (Wildman–Crippen LogP) is 5.41. The van der Waals surface area contributed by atoms with E-state index in [4.69, 9.17) is 16.3 Å². The maximum absolute atomic E-state index is 13.5. The van der Waals surface area contributed by atoms with Gasteiger partial charge in [0.05, 0.1) is 23.1 Å². The summed E-state index contributed by atoms with van der Waals surface area (Å²) in [5, 5.41) is 12.8. The van der Waals surface area contributed by atoms with Crippen molar-refractivity contribution in [3.05, 3.63) is 100 Å². The summed E-state index contributed by atoms with van der Waals surface area (Å²) in [7, 11) is 1.59. The molecule has 0 aromatic heterocycles. The zero-order valence-electron chi connectivity index (χ0n) is 18.2. The minimum atomic E-state index is -0.628. The van der Waals surface area contributed by atoms with E-state index in [1.54, 1.807) is 55.6 Å². The Kier molecular flexibility index (Phi) is 7.21. The fourth-order valence-electron chi connectivity index (χ4n) is 3.52. The molecule has 0 aliphatic carbocycles. The molecule has 1 aliphatic heterocycles. The van der Waals surface area contributed by atoms with Crippen molar-refractivity contribution in [3.8, 4) is 11.8 Å². The lowest BCUT2D eigenvalue weighted by atomic mass is 10.1. The standard InChI is InChI=1S/C26H20ClN3O3S/c1-33-19-13-11-17(12-14-19)15-23-25(32)30(18-7-3-2-4-8-18)26(34-23)20(16-28)24(31)29-22-10-6-5-9-21(22)27/h2-14,23H,15H2,1H3,(H,29,31)/b26-20-/t23-/m0/s1. The predicted molar refractivity (Wildman–Crippen MR) is 135 cm³/mol. The number of ether oxygens (including phenoxy) is 1. The van der Waals surface area contributed by atoms with E-state index in [1.807, 2.05) is 36.4 Å². The summed E-state index contributed by atoms with van der Waals surface area (Å²) in [5.41, 5.74) is 1.77. The Labute approximate surface area is 206 Å². The molecule has 0 radical (unpaired) electrons. The van der Waals surface area contributed by atoms with Gasteiger partial charge in [-0.2, -0.15) is 5.26 Å². The van der Waals surface area contributed by atoms with Gasteiger partial charge in [0.25, 0.3) is 5.91 Å². The van der Waals surface area contributed by atoms with Crippen LogP contribution in [0.25, 0.3) is 0 Å². The van der Waals surface area contributed by atoms with Gasteiger partial charge >= 0.3 is 0 Å². The average molecular weight is 490 g/mol. The third kappa shape index (κ3) is 4.93. The summed E-state index contributed by atoms with van der Waals surface area (Å²) in [6.45, 7) is 0. The smallest absolute Gasteiger partial charge is 0.269 e. The number of carbonyl (C=O) groups excluding carboxylic acids is 2. The minimum Gasteiger partial charge on any atom is -0.497 e. The molecule has 6 nitrogen and oxygen atoms in total. The molecule has 1 saturated heterocycles. The third-order valence-corrected chi connectivity index (χ3v) is 6.81. The first kappa shape index (κ1) is 23.4. The molecule has 1 fully saturated rings. The maximum Gasteiger partial charge on any atom is 0.269 e. The molecule has 1 N–H and O–H groups in total. The Balaban J connectivity index is 1.70. The van der Waals surface area contributed by atoms with Gasteiger partial charge in [-0.3, -0.25) is 14.5 Å². The second-order valence-corrected chi connectivity index (χ2v) is 8.99. The first-order chi connectivity index (χ1) is 16.5. The Bertz CT molecular complexity index is 1290. The lowest BCUT2D eigenvalue weighted by Gasteiger charge is -2.18. The van der Waals surface area contributed by atoms with Crippen LogP contribution in [0, 0.1) is 11.3 Å². The van der Waals surface area contributed by atoms with Crippen LogP contribution in [0.1, 0.15) is 5.56 Å². The topological polar surface area (TPSA) is 82.4 Å². The number of amides is 2. The van der Waals surface area contributed by atoms with Crippen LogP contribution in [0.4, 0.5) is 11.4 Å². The number of hydrogen-bond donors (Lipinski definition) is 1. The van der Waals surface area contributed by atoms with Gasteiger partial charge in [0.15, 0.2) is 0 Å². The molecule has 0 bridgehead atoms. The van der Waals surface area contributed by atoms with Crippen LogP contribution >= 0.6 is 23.4 Å².